The molecule has 3 heteroatoms. The molecule has 78 valence electrons. The van der Waals surface area contributed by atoms with Crippen molar-refractivity contribution in [1.29, 1.82) is 0 Å². The molecule has 0 atom stereocenters. The number of aromatic nitrogens is 2. The molecule has 0 saturated heterocycles. The number of aryl methyl sites for hydroxylation is 1. The summed E-state index contributed by atoms with van der Waals surface area (Å²) < 4.78 is 2.09. The number of hydrogen-bond acceptors (Lipinski definition) is 2. The van der Waals surface area contributed by atoms with Gasteiger partial charge in [-0.3, -0.25) is 0 Å². The van der Waals surface area contributed by atoms with Crippen molar-refractivity contribution in [2.24, 2.45) is 0 Å². The van der Waals surface area contributed by atoms with Gasteiger partial charge in [-0.1, -0.05) is 19.1 Å². The van der Waals surface area contributed by atoms with Crippen molar-refractivity contribution in [2.45, 2.75) is 19.9 Å². The summed E-state index contributed by atoms with van der Waals surface area (Å²) in [7, 11) is 0. The first-order chi connectivity index (χ1) is 7.31. The predicted octanol–water partition coefficient (Wildman–Crippen LogP) is 2.67. The second kappa shape index (κ2) is 4.17. The Morgan fingerprint density at radius 1 is 1.40 bits per heavy atom. The minimum absolute atomic E-state index is 0.289. The Labute approximate surface area is 89.0 Å². The Kier molecular flexibility index (Phi) is 2.72. The standard InChI is InChI=1S/C12H14N2O/c1-2-6-14-9-13-8-12(14)10-4-3-5-11(15)7-10/h3-5,7-9,15H,2,6H2,1H3. The van der Waals surface area contributed by atoms with E-state index in [1.54, 1.807) is 12.1 Å². The molecule has 1 aromatic carbocycles. The summed E-state index contributed by atoms with van der Waals surface area (Å²) in [6.45, 7) is 3.08. The van der Waals surface area contributed by atoms with Gasteiger partial charge in [0.1, 0.15) is 5.75 Å². The fraction of sp³-hybridized carbons (Fsp3) is 0.250. The monoisotopic (exact) mass is 202 g/mol. The zero-order valence-corrected chi connectivity index (χ0v) is 8.72. The lowest BCUT2D eigenvalue weighted by molar-refractivity contribution is 0.475. The van der Waals surface area contributed by atoms with E-state index >= 15 is 0 Å². The average molecular weight is 202 g/mol. The first-order valence-electron chi connectivity index (χ1n) is 5.11. The lowest BCUT2D eigenvalue weighted by atomic mass is 10.1. The number of rotatable bonds is 3. The lowest BCUT2D eigenvalue weighted by Crippen LogP contribution is -1.96. The molecule has 1 N–H and O–H groups in total. The van der Waals surface area contributed by atoms with Crippen molar-refractivity contribution in [2.75, 3.05) is 0 Å². The van der Waals surface area contributed by atoms with E-state index in [1.165, 1.54) is 0 Å². The van der Waals surface area contributed by atoms with Crippen molar-refractivity contribution in [3.63, 3.8) is 0 Å². The molecule has 0 amide bonds. The van der Waals surface area contributed by atoms with Crippen LogP contribution in [0.15, 0.2) is 36.8 Å². The molecule has 0 aliphatic carbocycles. The van der Waals surface area contributed by atoms with Gasteiger partial charge in [-0.2, -0.15) is 0 Å². The highest BCUT2D eigenvalue weighted by Crippen LogP contribution is 2.22. The van der Waals surface area contributed by atoms with Gasteiger partial charge >= 0.3 is 0 Å². The summed E-state index contributed by atoms with van der Waals surface area (Å²) in [6, 6.07) is 7.24. The maximum atomic E-state index is 9.40. The SMILES string of the molecule is CCCn1cncc1-c1cccc(O)c1. The van der Waals surface area contributed by atoms with Gasteiger partial charge in [-0.05, 0) is 18.6 Å². The van der Waals surface area contributed by atoms with Gasteiger partial charge in [-0.15, -0.1) is 0 Å². The fourth-order valence-electron chi connectivity index (χ4n) is 1.65. The number of nitrogens with zero attached hydrogens (tertiary/aromatic N) is 2. The molecular formula is C12H14N2O. The van der Waals surface area contributed by atoms with Crippen molar-refractivity contribution < 1.29 is 5.11 Å². The number of imidazole rings is 1. The van der Waals surface area contributed by atoms with E-state index in [0.717, 1.165) is 24.2 Å². The van der Waals surface area contributed by atoms with Gasteiger partial charge < -0.3 is 9.67 Å². The normalized spacial score (nSPS) is 10.5. The topological polar surface area (TPSA) is 38.0 Å². The minimum Gasteiger partial charge on any atom is -0.508 e. The summed E-state index contributed by atoms with van der Waals surface area (Å²) in [4.78, 5) is 4.13. The fourth-order valence-corrected chi connectivity index (χ4v) is 1.65. The largest absolute Gasteiger partial charge is 0.508 e. The van der Waals surface area contributed by atoms with Crippen LogP contribution in [0.5, 0.6) is 5.75 Å². The molecule has 0 aliphatic rings. The maximum Gasteiger partial charge on any atom is 0.116 e. The summed E-state index contributed by atoms with van der Waals surface area (Å²) in [5.74, 6) is 0.289. The van der Waals surface area contributed by atoms with Gasteiger partial charge in [0, 0.05) is 12.1 Å². The van der Waals surface area contributed by atoms with Crippen LogP contribution in [0.4, 0.5) is 0 Å². The van der Waals surface area contributed by atoms with Crippen LogP contribution in [-0.2, 0) is 6.54 Å². The number of phenols is 1. The third-order valence-electron chi connectivity index (χ3n) is 2.32. The van der Waals surface area contributed by atoms with Crippen LogP contribution in [-0.4, -0.2) is 14.7 Å². The molecule has 2 aromatic rings. The van der Waals surface area contributed by atoms with Crippen LogP contribution in [0.3, 0.4) is 0 Å². The molecule has 1 aromatic heterocycles. The van der Waals surface area contributed by atoms with Crippen molar-refractivity contribution in [3.8, 4) is 17.0 Å². The van der Waals surface area contributed by atoms with E-state index in [0.29, 0.717) is 0 Å². The quantitative estimate of drug-likeness (QED) is 0.830. The van der Waals surface area contributed by atoms with Crippen molar-refractivity contribution >= 4 is 0 Å². The highest BCUT2D eigenvalue weighted by Gasteiger charge is 2.04. The van der Waals surface area contributed by atoms with Gasteiger partial charge in [0.25, 0.3) is 0 Å². The lowest BCUT2D eigenvalue weighted by Gasteiger charge is -2.06. The molecular weight excluding hydrogens is 188 g/mol. The van der Waals surface area contributed by atoms with Crippen LogP contribution < -0.4 is 0 Å². The zero-order chi connectivity index (χ0) is 10.7. The Morgan fingerprint density at radius 3 is 3.00 bits per heavy atom. The highest BCUT2D eigenvalue weighted by molar-refractivity contribution is 5.60. The van der Waals surface area contributed by atoms with Gasteiger partial charge in [-0.25, -0.2) is 4.98 Å². The van der Waals surface area contributed by atoms with E-state index in [2.05, 4.69) is 16.5 Å². The van der Waals surface area contributed by atoms with Crippen LogP contribution in [0, 0.1) is 0 Å². The van der Waals surface area contributed by atoms with E-state index in [1.807, 2.05) is 24.7 Å². The minimum atomic E-state index is 0.289. The van der Waals surface area contributed by atoms with Gasteiger partial charge in [0.15, 0.2) is 0 Å². The highest BCUT2D eigenvalue weighted by atomic mass is 16.3. The van der Waals surface area contributed by atoms with Gasteiger partial charge in [0.2, 0.25) is 0 Å². The maximum absolute atomic E-state index is 9.40. The average Bonchev–Trinajstić information content (AvgIpc) is 2.66. The summed E-state index contributed by atoms with van der Waals surface area (Å²) in [5, 5.41) is 9.40. The summed E-state index contributed by atoms with van der Waals surface area (Å²) in [6.07, 6.45) is 4.72. The third-order valence-corrected chi connectivity index (χ3v) is 2.32. The van der Waals surface area contributed by atoms with Crippen molar-refractivity contribution in [3.05, 3.63) is 36.8 Å². The first kappa shape index (κ1) is 9.77. The van der Waals surface area contributed by atoms with Crippen LogP contribution in [0.1, 0.15) is 13.3 Å². The van der Waals surface area contributed by atoms with E-state index in [9.17, 15) is 5.11 Å². The van der Waals surface area contributed by atoms with E-state index in [-0.39, 0.29) is 5.75 Å². The Balaban J connectivity index is 2.40. The number of benzene rings is 1. The smallest absolute Gasteiger partial charge is 0.116 e. The second-order valence-electron chi connectivity index (χ2n) is 3.52. The summed E-state index contributed by atoms with van der Waals surface area (Å²) in [5.41, 5.74) is 2.05. The number of phenolic OH excluding ortho intramolecular Hbond substituents is 1. The zero-order valence-electron chi connectivity index (χ0n) is 8.72. The number of hydrogen-bond donors (Lipinski definition) is 1. The molecule has 0 saturated carbocycles. The molecule has 2 rings (SSSR count). The van der Waals surface area contributed by atoms with Crippen LogP contribution in [0.25, 0.3) is 11.3 Å². The van der Waals surface area contributed by atoms with Crippen LogP contribution >= 0.6 is 0 Å². The summed E-state index contributed by atoms with van der Waals surface area (Å²) >= 11 is 0. The molecule has 0 unspecified atom stereocenters. The predicted molar refractivity (Wildman–Crippen MR) is 59.6 cm³/mol. The van der Waals surface area contributed by atoms with E-state index in [4.69, 9.17) is 0 Å². The molecule has 0 bridgehead atoms. The van der Waals surface area contributed by atoms with Gasteiger partial charge in [0.05, 0.1) is 18.2 Å². The molecule has 0 radical (unpaired) electrons. The molecule has 15 heavy (non-hydrogen) atoms. The molecule has 0 spiro atoms. The Hall–Kier alpha value is -1.77. The molecule has 1 heterocycles. The first-order valence-corrected chi connectivity index (χ1v) is 5.11. The van der Waals surface area contributed by atoms with E-state index < -0.39 is 0 Å². The Bertz CT molecular complexity index is 448. The second-order valence-corrected chi connectivity index (χ2v) is 3.52. The van der Waals surface area contributed by atoms with Crippen LogP contribution in [0.2, 0.25) is 0 Å². The molecule has 0 aliphatic heterocycles. The number of aromatic hydroxyl groups is 1. The van der Waals surface area contributed by atoms with Crippen molar-refractivity contribution in [1.82, 2.24) is 9.55 Å². The molecule has 0 fully saturated rings. The third kappa shape index (κ3) is 2.01. The molecule has 3 nitrogen and oxygen atoms in total. The Morgan fingerprint density at radius 2 is 2.27 bits per heavy atom.